The first kappa shape index (κ1) is 17.4. The van der Waals surface area contributed by atoms with E-state index in [9.17, 15) is 4.79 Å². The summed E-state index contributed by atoms with van der Waals surface area (Å²) in [6.45, 7) is 1.84. The number of hydrogen-bond donors (Lipinski definition) is 1. The number of likely N-dealkylation sites (tertiary alicyclic amines) is 1. The van der Waals surface area contributed by atoms with E-state index in [1.807, 2.05) is 35.2 Å². The van der Waals surface area contributed by atoms with Gasteiger partial charge in [0.1, 0.15) is 13.2 Å². The average Bonchev–Trinajstić information content (AvgIpc) is 3.10. The SMILES string of the molecule is Cl.Nc1cccc(C(=O)N2CCCC2c2cccc3c2OCCO3)c1. The maximum absolute atomic E-state index is 12.9. The molecule has 1 unspecified atom stereocenters. The predicted octanol–water partition coefficient (Wildman–Crippen LogP) is 3.44. The summed E-state index contributed by atoms with van der Waals surface area (Å²) in [4.78, 5) is 14.9. The van der Waals surface area contributed by atoms with Crippen molar-refractivity contribution < 1.29 is 14.3 Å². The summed E-state index contributed by atoms with van der Waals surface area (Å²) in [6.07, 6.45) is 1.90. The van der Waals surface area contributed by atoms with Crippen molar-refractivity contribution in [1.29, 1.82) is 0 Å². The number of rotatable bonds is 2. The number of halogens is 1. The highest BCUT2D eigenvalue weighted by atomic mass is 35.5. The second-order valence-corrected chi connectivity index (χ2v) is 6.15. The molecule has 0 bridgehead atoms. The van der Waals surface area contributed by atoms with Crippen molar-refractivity contribution in [3.05, 3.63) is 53.6 Å². The Kier molecular flexibility index (Phi) is 5.04. The summed E-state index contributed by atoms with van der Waals surface area (Å²) in [6, 6.07) is 13.1. The molecular formula is C19H21ClN2O3. The number of amides is 1. The summed E-state index contributed by atoms with van der Waals surface area (Å²) in [7, 11) is 0. The van der Waals surface area contributed by atoms with Crippen molar-refractivity contribution >= 4 is 24.0 Å². The molecule has 1 amide bonds. The van der Waals surface area contributed by atoms with E-state index in [1.165, 1.54) is 0 Å². The predicted molar refractivity (Wildman–Crippen MR) is 98.5 cm³/mol. The Morgan fingerprint density at radius 2 is 1.92 bits per heavy atom. The van der Waals surface area contributed by atoms with Crippen LogP contribution >= 0.6 is 12.4 Å². The van der Waals surface area contributed by atoms with Gasteiger partial charge >= 0.3 is 0 Å². The molecule has 1 fully saturated rings. The van der Waals surface area contributed by atoms with Crippen LogP contribution in [0.15, 0.2) is 42.5 Å². The summed E-state index contributed by atoms with van der Waals surface area (Å²) in [5.74, 6) is 1.56. The number of nitrogens with zero attached hydrogens (tertiary/aromatic N) is 1. The third-order valence-electron chi connectivity index (χ3n) is 4.60. The Labute approximate surface area is 153 Å². The molecule has 132 valence electrons. The second-order valence-electron chi connectivity index (χ2n) is 6.15. The summed E-state index contributed by atoms with van der Waals surface area (Å²) in [5, 5.41) is 0. The highest BCUT2D eigenvalue weighted by molar-refractivity contribution is 5.95. The number of anilines is 1. The minimum atomic E-state index is 0. The number of ether oxygens (including phenoxy) is 2. The lowest BCUT2D eigenvalue weighted by Crippen LogP contribution is -2.31. The Morgan fingerprint density at radius 1 is 1.12 bits per heavy atom. The van der Waals surface area contributed by atoms with Crippen molar-refractivity contribution in [2.75, 3.05) is 25.5 Å². The van der Waals surface area contributed by atoms with Crippen LogP contribution in [0.25, 0.3) is 0 Å². The van der Waals surface area contributed by atoms with Crippen LogP contribution in [0.1, 0.15) is 34.8 Å². The van der Waals surface area contributed by atoms with E-state index < -0.39 is 0 Å². The van der Waals surface area contributed by atoms with Gasteiger partial charge in [-0.1, -0.05) is 18.2 Å². The molecule has 1 atom stereocenters. The van der Waals surface area contributed by atoms with Gasteiger partial charge in [0, 0.05) is 23.4 Å². The van der Waals surface area contributed by atoms with E-state index in [2.05, 4.69) is 0 Å². The zero-order valence-electron chi connectivity index (χ0n) is 13.8. The first-order valence-electron chi connectivity index (χ1n) is 8.29. The van der Waals surface area contributed by atoms with Gasteiger partial charge in [0.25, 0.3) is 5.91 Å². The van der Waals surface area contributed by atoms with Crippen LogP contribution in [-0.2, 0) is 0 Å². The first-order valence-corrected chi connectivity index (χ1v) is 8.29. The molecule has 25 heavy (non-hydrogen) atoms. The number of nitrogen functional groups attached to an aromatic ring is 1. The van der Waals surface area contributed by atoms with Gasteiger partial charge < -0.3 is 20.1 Å². The van der Waals surface area contributed by atoms with Crippen molar-refractivity contribution in [1.82, 2.24) is 4.90 Å². The number of para-hydroxylation sites is 1. The molecule has 2 aliphatic rings. The van der Waals surface area contributed by atoms with Gasteiger partial charge in [0.15, 0.2) is 11.5 Å². The Balaban J connectivity index is 0.00000182. The molecule has 0 aliphatic carbocycles. The monoisotopic (exact) mass is 360 g/mol. The highest BCUT2D eigenvalue weighted by Crippen LogP contribution is 2.43. The lowest BCUT2D eigenvalue weighted by molar-refractivity contribution is 0.0731. The van der Waals surface area contributed by atoms with Crippen LogP contribution in [0.3, 0.4) is 0 Å². The Morgan fingerprint density at radius 3 is 2.76 bits per heavy atom. The molecule has 0 aromatic heterocycles. The van der Waals surface area contributed by atoms with Crippen LogP contribution in [0.4, 0.5) is 5.69 Å². The van der Waals surface area contributed by atoms with E-state index in [4.69, 9.17) is 15.2 Å². The summed E-state index contributed by atoms with van der Waals surface area (Å²) < 4.78 is 11.5. The maximum Gasteiger partial charge on any atom is 0.254 e. The van der Waals surface area contributed by atoms with Crippen molar-refractivity contribution in [3.8, 4) is 11.5 Å². The Bertz CT molecular complexity index is 781. The molecule has 2 aromatic rings. The van der Waals surface area contributed by atoms with Crippen molar-refractivity contribution in [2.24, 2.45) is 0 Å². The fourth-order valence-corrected chi connectivity index (χ4v) is 3.53. The minimum Gasteiger partial charge on any atom is -0.486 e. The molecule has 0 saturated carbocycles. The standard InChI is InChI=1S/C19H20N2O3.ClH/c20-14-5-1-4-13(12-14)19(22)21-9-3-7-16(21)15-6-2-8-17-18(15)24-11-10-23-17;/h1-2,4-6,8,12,16H,3,7,9-11,20H2;1H. The van der Waals surface area contributed by atoms with E-state index in [0.29, 0.717) is 24.5 Å². The fourth-order valence-electron chi connectivity index (χ4n) is 3.53. The van der Waals surface area contributed by atoms with Crippen LogP contribution in [0, 0.1) is 0 Å². The van der Waals surface area contributed by atoms with Gasteiger partial charge in [-0.2, -0.15) is 0 Å². The number of nitrogens with two attached hydrogens (primary N) is 1. The third kappa shape index (κ3) is 3.24. The Hall–Kier alpha value is -2.40. The maximum atomic E-state index is 12.9. The zero-order valence-corrected chi connectivity index (χ0v) is 14.6. The van der Waals surface area contributed by atoms with Crippen LogP contribution < -0.4 is 15.2 Å². The summed E-state index contributed by atoms with van der Waals surface area (Å²) >= 11 is 0. The normalized spacial score (nSPS) is 18.6. The van der Waals surface area contributed by atoms with Crippen molar-refractivity contribution in [3.63, 3.8) is 0 Å². The van der Waals surface area contributed by atoms with Gasteiger partial charge in [-0.05, 0) is 37.1 Å². The zero-order chi connectivity index (χ0) is 16.5. The lowest BCUT2D eigenvalue weighted by Gasteiger charge is -2.29. The number of hydrogen-bond acceptors (Lipinski definition) is 4. The number of benzene rings is 2. The molecule has 2 aromatic carbocycles. The minimum absolute atomic E-state index is 0. The topological polar surface area (TPSA) is 64.8 Å². The van der Waals surface area contributed by atoms with Gasteiger partial charge in [0.2, 0.25) is 0 Å². The van der Waals surface area contributed by atoms with E-state index in [-0.39, 0.29) is 24.4 Å². The largest absolute Gasteiger partial charge is 0.486 e. The molecule has 2 N–H and O–H groups in total. The van der Waals surface area contributed by atoms with Gasteiger partial charge in [-0.3, -0.25) is 4.79 Å². The molecule has 0 radical (unpaired) electrons. The first-order chi connectivity index (χ1) is 11.7. The van der Waals surface area contributed by atoms with Gasteiger partial charge in [-0.15, -0.1) is 12.4 Å². The molecule has 5 nitrogen and oxygen atoms in total. The molecule has 4 rings (SSSR count). The van der Waals surface area contributed by atoms with Crippen LogP contribution in [0.5, 0.6) is 11.5 Å². The van der Waals surface area contributed by atoms with Crippen LogP contribution in [0.2, 0.25) is 0 Å². The van der Waals surface area contributed by atoms with Crippen molar-refractivity contribution in [2.45, 2.75) is 18.9 Å². The second kappa shape index (κ2) is 7.23. The van der Waals surface area contributed by atoms with Crippen LogP contribution in [-0.4, -0.2) is 30.6 Å². The smallest absolute Gasteiger partial charge is 0.254 e. The average molecular weight is 361 g/mol. The fraction of sp³-hybridized carbons (Fsp3) is 0.316. The van der Waals surface area contributed by atoms with E-state index >= 15 is 0 Å². The third-order valence-corrected chi connectivity index (χ3v) is 4.60. The molecule has 2 heterocycles. The van der Waals surface area contributed by atoms with Gasteiger partial charge in [-0.25, -0.2) is 0 Å². The number of fused-ring (bicyclic) bond motifs is 1. The molecular weight excluding hydrogens is 340 g/mol. The molecule has 2 aliphatic heterocycles. The van der Waals surface area contributed by atoms with E-state index in [1.54, 1.807) is 12.1 Å². The number of carbonyl (C=O) groups is 1. The summed E-state index contributed by atoms with van der Waals surface area (Å²) in [5.41, 5.74) is 8.09. The number of carbonyl (C=O) groups excluding carboxylic acids is 1. The molecule has 0 spiro atoms. The lowest BCUT2D eigenvalue weighted by atomic mass is 10.0. The van der Waals surface area contributed by atoms with Gasteiger partial charge in [0.05, 0.1) is 6.04 Å². The molecule has 6 heteroatoms. The van der Waals surface area contributed by atoms with E-state index in [0.717, 1.165) is 36.4 Å². The quantitative estimate of drug-likeness (QED) is 0.833. The highest BCUT2D eigenvalue weighted by Gasteiger charge is 2.33. The molecule has 1 saturated heterocycles.